The zero-order valence-electron chi connectivity index (χ0n) is 16.9. The average Bonchev–Trinajstić information content (AvgIpc) is 3.28. The second kappa shape index (κ2) is 9.44. The van der Waals surface area contributed by atoms with Crippen LogP contribution in [0.4, 0.5) is 0 Å². The largest absolute Gasteiger partial charge is 0.493 e. The van der Waals surface area contributed by atoms with Gasteiger partial charge in [-0.25, -0.2) is 0 Å². The van der Waals surface area contributed by atoms with Crippen LogP contribution in [0.1, 0.15) is 42.9 Å². The fraction of sp³-hybridized carbons (Fsp3) is 0.500. The molecule has 0 bridgehead atoms. The van der Waals surface area contributed by atoms with E-state index in [1.807, 2.05) is 18.2 Å². The van der Waals surface area contributed by atoms with Gasteiger partial charge in [-0.15, -0.1) is 0 Å². The van der Waals surface area contributed by atoms with Crippen molar-refractivity contribution < 1.29 is 9.47 Å². The molecule has 28 heavy (non-hydrogen) atoms. The summed E-state index contributed by atoms with van der Waals surface area (Å²) in [7, 11) is 1.72. The average molecular weight is 381 g/mol. The van der Waals surface area contributed by atoms with Crippen LogP contribution in [0.15, 0.2) is 48.5 Å². The van der Waals surface area contributed by atoms with E-state index in [4.69, 9.17) is 9.47 Å². The van der Waals surface area contributed by atoms with E-state index in [0.717, 1.165) is 43.6 Å². The van der Waals surface area contributed by atoms with Gasteiger partial charge in [-0.3, -0.25) is 4.90 Å². The molecular weight excluding hydrogens is 348 g/mol. The molecule has 150 valence electrons. The van der Waals surface area contributed by atoms with Crippen LogP contribution >= 0.6 is 0 Å². The molecule has 2 fully saturated rings. The highest BCUT2D eigenvalue weighted by Gasteiger charge is 2.32. The van der Waals surface area contributed by atoms with Crippen LogP contribution in [-0.2, 0) is 6.61 Å². The van der Waals surface area contributed by atoms with E-state index in [9.17, 15) is 0 Å². The SMILES string of the molecule is COc1ccc([C@H](C2CCCC2)N2CCNCC2)cc1OCc1ccccc1. The summed E-state index contributed by atoms with van der Waals surface area (Å²) in [6, 6.07) is 17.4. The van der Waals surface area contributed by atoms with E-state index < -0.39 is 0 Å². The minimum absolute atomic E-state index is 0.481. The molecule has 0 aromatic heterocycles. The number of hydrogen-bond donors (Lipinski definition) is 1. The standard InChI is InChI=1S/C24H32N2O2/c1-27-22-12-11-21(17-23(22)28-18-19-7-3-2-4-8-19)24(20-9-5-6-10-20)26-15-13-25-14-16-26/h2-4,7-8,11-12,17,20,24-25H,5-6,9-10,13-16,18H2,1H3/t24-/m0/s1. The van der Waals surface area contributed by atoms with E-state index in [1.165, 1.54) is 36.8 Å². The van der Waals surface area contributed by atoms with Crippen molar-refractivity contribution in [2.75, 3.05) is 33.3 Å². The predicted octanol–water partition coefficient (Wildman–Crippen LogP) is 4.41. The normalized spacial score (nSPS) is 19.5. The number of methoxy groups -OCH3 is 1. The molecule has 0 radical (unpaired) electrons. The molecule has 0 spiro atoms. The van der Waals surface area contributed by atoms with Crippen molar-refractivity contribution in [1.82, 2.24) is 10.2 Å². The summed E-state index contributed by atoms with van der Waals surface area (Å²) >= 11 is 0. The van der Waals surface area contributed by atoms with E-state index in [2.05, 4.69) is 40.5 Å². The van der Waals surface area contributed by atoms with E-state index in [0.29, 0.717) is 12.6 Å². The third-order valence-electron chi connectivity index (χ3n) is 6.16. The second-order valence-electron chi connectivity index (χ2n) is 7.96. The van der Waals surface area contributed by atoms with Crippen molar-refractivity contribution in [2.24, 2.45) is 5.92 Å². The molecule has 1 N–H and O–H groups in total. The first-order valence-corrected chi connectivity index (χ1v) is 10.6. The third kappa shape index (κ3) is 4.50. The number of nitrogens with zero attached hydrogens (tertiary/aromatic N) is 1. The van der Waals surface area contributed by atoms with Gasteiger partial charge in [0.2, 0.25) is 0 Å². The monoisotopic (exact) mass is 380 g/mol. The Morgan fingerprint density at radius 1 is 1.00 bits per heavy atom. The number of nitrogens with one attached hydrogen (secondary N) is 1. The topological polar surface area (TPSA) is 33.7 Å². The number of ether oxygens (including phenoxy) is 2. The number of rotatable bonds is 7. The van der Waals surface area contributed by atoms with Crippen LogP contribution in [0.5, 0.6) is 11.5 Å². The van der Waals surface area contributed by atoms with Gasteiger partial charge in [0.05, 0.1) is 7.11 Å². The fourth-order valence-electron chi connectivity index (χ4n) is 4.74. The quantitative estimate of drug-likeness (QED) is 0.771. The Hall–Kier alpha value is -2.04. The van der Waals surface area contributed by atoms with Crippen LogP contribution in [-0.4, -0.2) is 38.2 Å². The van der Waals surface area contributed by atoms with Crippen LogP contribution in [0, 0.1) is 5.92 Å². The minimum atomic E-state index is 0.481. The Balaban J connectivity index is 1.58. The Morgan fingerprint density at radius 2 is 1.75 bits per heavy atom. The van der Waals surface area contributed by atoms with Crippen molar-refractivity contribution in [1.29, 1.82) is 0 Å². The van der Waals surface area contributed by atoms with Gasteiger partial charge in [-0.2, -0.15) is 0 Å². The van der Waals surface area contributed by atoms with Gasteiger partial charge in [0.25, 0.3) is 0 Å². The molecule has 1 heterocycles. The summed E-state index contributed by atoms with van der Waals surface area (Å²) in [5, 5.41) is 3.49. The summed E-state index contributed by atoms with van der Waals surface area (Å²) in [6.45, 7) is 4.96. The maximum atomic E-state index is 6.20. The van der Waals surface area contributed by atoms with Crippen molar-refractivity contribution >= 4 is 0 Å². The highest BCUT2D eigenvalue weighted by atomic mass is 16.5. The lowest BCUT2D eigenvalue weighted by atomic mass is 9.89. The Labute approximate surface area is 168 Å². The van der Waals surface area contributed by atoms with E-state index >= 15 is 0 Å². The highest BCUT2D eigenvalue weighted by Crippen LogP contribution is 2.42. The summed E-state index contributed by atoms with van der Waals surface area (Å²) in [4.78, 5) is 2.68. The lowest BCUT2D eigenvalue weighted by molar-refractivity contribution is 0.125. The molecule has 1 atom stereocenters. The van der Waals surface area contributed by atoms with E-state index in [-0.39, 0.29) is 0 Å². The third-order valence-corrected chi connectivity index (χ3v) is 6.16. The second-order valence-corrected chi connectivity index (χ2v) is 7.96. The molecule has 4 heteroatoms. The zero-order valence-corrected chi connectivity index (χ0v) is 16.9. The van der Waals surface area contributed by atoms with Crippen LogP contribution in [0.3, 0.4) is 0 Å². The van der Waals surface area contributed by atoms with Crippen LogP contribution in [0.25, 0.3) is 0 Å². The van der Waals surface area contributed by atoms with Crippen LogP contribution in [0.2, 0.25) is 0 Å². The Bertz CT molecular complexity index is 738. The van der Waals surface area contributed by atoms with Gasteiger partial charge >= 0.3 is 0 Å². The van der Waals surface area contributed by atoms with Gasteiger partial charge in [-0.1, -0.05) is 49.2 Å². The van der Waals surface area contributed by atoms with Crippen molar-refractivity contribution in [3.8, 4) is 11.5 Å². The Kier molecular flexibility index (Phi) is 6.50. The molecule has 0 unspecified atom stereocenters. The summed E-state index contributed by atoms with van der Waals surface area (Å²) < 4.78 is 11.8. The molecular formula is C24H32N2O2. The van der Waals surface area contributed by atoms with Crippen molar-refractivity contribution in [2.45, 2.75) is 38.3 Å². The van der Waals surface area contributed by atoms with Crippen LogP contribution < -0.4 is 14.8 Å². The minimum Gasteiger partial charge on any atom is -0.493 e. The molecule has 4 nitrogen and oxygen atoms in total. The number of hydrogen-bond acceptors (Lipinski definition) is 4. The molecule has 2 aliphatic rings. The predicted molar refractivity (Wildman–Crippen MR) is 113 cm³/mol. The fourth-order valence-corrected chi connectivity index (χ4v) is 4.74. The molecule has 0 amide bonds. The molecule has 4 rings (SSSR count). The molecule has 1 saturated heterocycles. The maximum Gasteiger partial charge on any atom is 0.161 e. The smallest absolute Gasteiger partial charge is 0.161 e. The summed E-state index contributed by atoms with van der Waals surface area (Å²) in [5.74, 6) is 2.40. The van der Waals surface area contributed by atoms with Crippen molar-refractivity contribution in [3.63, 3.8) is 0 Å². The van der Waals surface area contributed by atoms with Gasteiger partial charge in [-0.05, 0) is 42.0 Å². The number of benzene rings is 2. The van der Waals surface area contributed by atoms with E-state index in [1.54, 1.807) is 7.11 Å². The molecule has 1 saturated carbocycles. The lowest BCUT2D eigenvalue weighted by Crippen LogP contribution is -2.46. The van der Waals surface area contributed by atoms with Gasteiger partial charge < -0.3 is 14.8 Å². The van der Waals surface area contributed by atoms with Gasteiger partial charge in [0, 0.05) is 32.2 Å². The maximum absolute atomic E-state index is 6.20. The molecule has 1 aliphatic carbocycles. The summed E-state index contributed by atoms with van der Waals surface area (Å²) in [5.41, 5.74) is 2.54. The molecule has 2 aromatic rings. The van der Waals surface area contributed by atoms with Crippen molar-refractivity contribution in [3.05, 3.63) is 59.7 Å². The zero-order chi connectivity index (χ0) is 19.2. The number of piperazine rings is 1. The lowest BCUT2D eigenvalue weighted by Gasteiger charge is -2.39. The first-order valence-electron chi connectivity index (χ1n) is 10.6. The highest BCUT2D eigenvalue weighted by molar-refractivity contribution is 5.44. The molecule has 2 aromatic carbocycles. The summed E-state index contributed by atoms with van der Waals surface area (Å²) in [6.07, 6.45) is 5.39. The van der Waals surface area contributed by atoms with Gasteiger partial charge in [0.15, 0.2) is 11.5 Å². The molecule has 1 aliphatic heterocycles. The van der Waals surface area contributed by atoms with Gasteiger partial charge in [0.1, 0.15) is 6.61 Å². The Morgan fingerprint density at radius 3 is 2.46 bits per heavy atom. The first-order chi connectivity index (χ1) is 13.8. The first kappa shape index (κ1) is 19.3.